The molecule has 32 heavy (non-hydrogen) atoms. The quantitative estimate of drug-likeness (QED) is 0.471. The summed E-state index contributed by atoms with van der Waals surface area (Å²) in [7, 11) is 0. The third-order valence-corrected chi connectivity index (χ3v) is 5.20. The van der Waals surface area contributed by atoms with Crippen molar-refractivity contribution in [2.24, 2.45) is 0 Å². The number of hydrogen-bond donors (Lipinski definition) is 2. The Morgan fingerprint density at radius 1 is 1.00 bits per heavy atom. The number of carbonyl (C=O) groups is 1. The molecule has 8 heteroatoms. The number of amides is 1. The van der Waals surface area contributed by atoms with Crippen molar-refractivity contribution >= 4 is 5.91 Å². The fourth-order valence-corrected chi connectivity index (χ4v) is 3.44. The number of nitrogens with one attached hydrogen (secondary N) is 2. The van der Waals surface area contributed by atoms with E-state index in [1.165, 1.54) is 10.8 Å². The van der Waals surface area contributed by atoms with Gasteiger partial charge < -0.3 is 9.88 Å². The summed E-state index contributed by atoms with van der Waals surface area (Å²) in [6, 6.07) is 18.1. The topological polar surface area (TPSA) is 104 Å². The van der Waals surface area contributed by atoms with Crippen LogP contribution in [0.25, 0.3) is 11.1 Å². The highest BCUT2D eigenvalue weighted by molar-refractivity contribution is 5.76. The highest BCUT2D eigenvalue weighted by Crippen LogP contribution is 2.20. The van der Waals surface area contributed by atoms with Gasteiger partial charge in [-0.15, -0.1) is 0 Å². The zero-order valence-electron chi connectivity index (χ0n) is 17.6. The second-order valence-electron chi connectivity index (χ2n) is 7.59. The van der Waals surface area contributed by atoms with Crippen molar-refractivity contribution in [1.82, 2.24) is 24.4 Å². The second-order valence-corrected chi connectivity index (χ2v) is 7.59. The molecule has 1 amide bonds. The molecule has 2 aromatic carbocycles. The number of aromatic nitrogens is 4. The van der Waals surface area contributed by atoms with Crippen LogP contribution in [0.1, 0.15) is 16.8 Å². The maximum Gasteiger partial charge on any atom is 0.328 e. The predicted octanol–water partition coefficient (Wildman–Crippen LogP) is 2.46. The number of carbonyl (C=O) groups excluding carboxylic acids is 1. The van der Waals surface area contributed by atoms with E-state index >= 15 is 0 Å². The van der Waals surface area contributed by atoms with Crippen molar-refractivity contribution in [2.75, 3.05) is 0 Å². The number of imidazole rings is 1. The Morgan fingerprint density at radius 3 is 2.41 bits per heavy atom. The molecule has 0 saturated heterocycles. The molecule has 0 aliphatic rings. The summed E-state index contributed by atoms with van der Waals surface area (Å²) in [4.78, 5) is 47.8. The Labute approximate surface area is 184 Å². The van der Waals surface area contributed by atoms with E-state index in [1.807, 2.05) is 54.6 Å². The fourth-order valence-electron chi connectivity index (χ4n) is 3.44. The van der Waals surface area contributed by atoms with E-state index in [0.717, 1.165) is 22.4 Å². The molecule has 0 aliphatic carbocycles. The van der Waals surface area contributed by atoms with Crippen molar-refractivity contribution < 1.29 is 4.79 Å². The summed E-state index contributed by atoms with van der Waals surface area (Å²) in [6.45, 7) is 2.10. The number of aromatic amines is 2. The summed E-state index contributed by atoms with van der Waals surface area (Å²) in [5.41, 5.74) is 3.27. The van der Waals surface area contributed by atoms with Crippen LogP contribution in [0.5, 0.6) is 0 Å². The summed E-state index contributed by atoms with van der Waals surface area (Å²) >= 11 is 0. The minimum atomic E-state index is -0.609. The van der Waals surface area contributed by atoms with Crippen molar-refractivity contribution in [3.05, 3.63) is 111 Å². The van der Waals surface area contributed by atoms with Gasteiger partial charge in [-0.25, -0.2) is 9.78 Å². The molecule has 0 fully saturated rings. The van der Waals surface area contributed by atoms with Gasteiger partial charge in [0.1, 0.15) is 6.54 Å². The van der Waals surface area contributed by atoms with Crippen molar-refractivity contribution in [2.45, 2.75) is 26.6 Å². The van der Waals surface area contributed by atoms with Gasteiger partial charge in [-0.2, -0.15) is 0 Å². The monoisotopic (exact) mass is 429 g/mol. The molecule has 0 bridgehead atoms. The summed E-state index contributed by atoms with van der Waals surface area (Å²) in [5, 5.41) is 0. The van der Waals surface area contributed by atoms with Gasteiger partial charge in [-0.05, 0) is 23.6 Å². The third-order valence-electron chi connectivity index (χ3n) is 5.20. The molecule has 0 aliphatic heterocycles. The zero-order valence-corrected chi connectivity index (χ0v) is 17.6. The van der Waals surface area contributed by atoms with Crippen molar-refractivity contribution in [3.8, 4) is 11.1 Å². The van der Waals surface area contributed by atoms with E-state index in [0.29, 0.717) is 18.7 Å². The van der Waals surface area contributed by atoms with Crippen LogP contribution >= 0.6 is 0 Å². The summed E-state index contributed by atoms with van der Waals surface area (Å²) in [5.74, 6) is -0.250. The van der Waals surface area contributed by atoms with Gasteiger partial charge in [0.15, 0.2) is 0 Å². The van der Waals surface area contributed by atoms with Gasteiger partial charge in [0.2, 0.25) is 5.91 Å². The minimum Gasteiger partial charge on any atom is -0.347 e. The Balaban J connectivity index is 1.55. The van der Waals surface area contributed by atoms with Gasteiger partial charge in [-0.3, -0.25) is 19.1 Å². The average molecular weight is 429 g/mol. The molecule has 0 saturated carbocycles. The van der Waals surface area contributed by atoms with Gasteiger partial charge in [0.25, 0.3) is 5.56 Å². The fraction of sp³-hybridized carbons (Fsp3) is 0.167. The first-order valence-corrected chi connectivity index (χ1v) is 10.2. The normalized spacial score (nSPS) is 10.8. The Hall–Kier alpha value is -4.20. The van der Waals surface area contributed by atoms with E-state index in [4.69, 9.17) is 0 Å². The smallest absolute Gasteiger partial charge is 0.328 e. The van der Waals surface area contributed by atoms with E-state index in [1.54, 1.807) is 24.3 Å². The zero-order chi connectivity index (χ0) is 22.5. The van der Waals surface area contributed by atoms with E-state index < -0.39 is 11.2 Å². The van der Waals surface area contributed by atoms with Crippen molar-refractivity contribution in [1.29, 1.82) is 0 Å². The van der Waals surface area contributed by atoms with Crippen LogP contribution in [0.4, 0.5) is 0 Å². The molecule has 162 valence electrons. The number of rotatable bonds is 7. The largest absolute Gasteiger partial charge is 0.347 e. The minimum absolute atomic E-state index is 0.174. The van der Waals surface area contributed by atoms with E-state index in [-0.39, 0.29) is 12.5 Å². The molecule has 8 nitrogen and oxygen atoms in total. The first-order valence-electron chi connectivity index (χ1n) is 10.2. The Kier molecular flexibility index (Phi) is 6.12. The lowest BCUT2D eigenvalue weighted by molar-refractivity contribution is -0.133. The van der Waals surface area contributed by atoms with Crippen LogP contribution in [0.3, 0.4) is 0 Å². The van der Waals surface area contributed by atoms with E-state index in [9.17, 15) is 14.4 Å². The third kappa shape index (κ3) is 4.92. The highest BCUT2D eigenvalue weighted by atomic mass is 16.2. The molecule has 2 heterocycles. The number of nitrogens with zero attached hydrogens (tertiary/aromatic N) is 3. The number of hydrogen-bond acceptors (Lipinski definition) is 4. The lowest BCUT2D eigenvalue weighted by Gasteiger charge is -2.23. The Morgan fingerprint density at radius 2 is 1.72 bits per heavy atom. The lowest BCUT2D eigenvalue weighted by Crippen LogP contribution is -2.38. The second kappa shape index (κ2) is 9.30. The van der Waals surface area contributed by atoms with Gasteiger partial charge in [0, 0.05) is 24.5 Å². The average Bonchev–Trinajstić information content (AvgIpc) is 3.31. The molecule has 0 radical (unpaired) electrons. The molecule has 0 unspecified atom stereocenters. The molecule has 2 N–H and O–H groups in total. The van der Waals surface area contributed by atoms with Gasteiger partial charge >= 0.3 is 5.69 Å². The maximum absolute atomic E-state index is 13.1. The van der Waals surface area contributed by atoms with Crippen LogP contribution in [-0.2, 0) is 24.4 Å². The van der Waals surface area contributed by atoms with Gasteiger partial charge in [0.05, 0.1) is 18.6 Å². The van der Waals surface area contributed by atoms with Crippen LogP contribution in [0.15, 0.2) is 82.9 Å². The number of H-pyrrole nitrogens is 2. The number of benzene rings is 2. The van der Waals surface area contributed by atoms with Crippen LogP contribution in [0.2, 0.25) is 0 Å². The Bertz CT molecular complexity index is 1310. The SMILES string of the molecule is Cc1cn(CC(=O)N(Cc2ccc(-c3ccccc3)cc2)Cc2cnc[nH]2)c(=O)[nH]c1=O. The van der Waals surface area contributed by atoms with Crippen molar-refractivity contribution in [3.63, 3.8) is 0 Å². The summed E-state index contributed by atoms with van der Waals surface area (Å²) < 4.78 is 1.22. The van der Waals surface area contributed by atoms with E-state index in [2.05, 4.69) is 15.0 Å². The molecule has 0 spiro atoms. The lowest BCUT2D eigenvalue weighted by atomic mass is 10.0. The standard InChI is InChI=1S/C24H23N5O3/c1-17-12-29(24(32)27-23(17)31)15-22(30)28(14-21-11-25-16-26-21)13-18-7-9-20(10-8-18)19-5-3-2-4-6-19/h2-12,16H,13-15H2,1H3,(H,25,26)(H,27,31,32). The number of aryl methyl sites for hydroxylation is 1. The molecule has 2 aromatic heterocycles. The molecular weight excluding hydrogens is 406 g/mol. The molecular formula is C24H23N5O3. The molecule has 4 aromatic rings. The molecule has 0 atom stereocenters. The van der Waals surface area contributed by atoms with Crippen LogP contribution < -0.4 is 11.2 Å². The van der Waals surface area contributed by atoms with Crippen LogP contribution in [-0.4, -0.2) is 30.3 Å². The highest BCUT2D eigenvalue weighted by Gasteiger charge is 2.17. The van der Waals surface area contributed by atoms with Crippen LogP contribution in [0, 0.1) is 6.92 Å². The molecule has 4 rings (SSSR count). The maximum atomic E-state index is 13.1. The summed E-state index contributed by atoms with van der Waals surface area (Å²) in [6.07, 6.45) is 4.62. The van der Waals surface area contributed by atoms with Gasteiger partial charge in [-0.1, -0.05) is 54.6 Å². The first-order chi connectivity index (χ1) is 15.5. The first kappa shape index (κ1) is 21.0. The predicted molar refractivity (Wildman–Crippen MR) is 121 cm³/mol.